The van der Waals surface area contributed by atoms with Gasteiger partial charge in [-0.25, -0.2) is 0 Å². The van der Waals surface area contributed by atoms with E-state index < -0.39 is 0 Å². The molecule has 0 bridgehead atoms. The van der Waals surface area contributed by atoms with Crippen LogP contribution in [-0.4, -0.2) is 0 Å². The van der Waals surface area contributed by atoms with Gasteiger partial charge >= 0.3 is 0 Å². The van der Waals surface area contributed by atoms with Crippen molar-refractivity contribution in [1.82, 2.24) is 0 Å². The molecular formula is C12H20. The number of allylic oxidation sites excluding steroid dienone is 4. The molecule has 0 saturated heterocycles. The minimum absolute atomic E-state index is 0.859. The van der Waals surface area contributed by atoms with Crippen LogP contribution in [0, 0.1) is 5.92 Å². The number of hydrogen-bond donors (Lipinski definition) is 0. The van der Waals surface area contributed by atoms with Gasteiger partial charge in [-0.3, -0.25) is 0 Å². The summed E-state index contributed by atoms with van der Waals surface area (Å²) < 4.78 is 0. The first kappa shape index (κ1) is 9.57. The van der Waals surface area contributed by atoms with Crippen molar-refractivity contribution in [3.05, 3.63) is 23.8 Å². The summed E-state index contributed by atoms with van der Waals surface area (Å²) in [6.45, 7) is 4.59. The lowest BCUT2D eigenvalue weighted by Crippen LogP contribution is -1.89. The summed E-state index contributed by atoms with van der Waals surface area (Å²) in [6, 6.07) is 0. The Kier molecular flexibility index (Phi) is 4.13. The number of rotatable bonds is 4. The molecule has 0 aromatic heterocycles. The van der Waals surface area contributed by atoms with E-state index in [1.807, 2.05) is 0 Å². The maximum atomic E-state index is 2.39. The second-order valence-electron chi connectivity index (χ2n) is 4.04. The summed E-state index contributed by atoms with van der Waals surface area (Å²) >= 11 is 0. The van der Waals surface area contributed by atoms with Crippen LogP contribution >= 0.6 is 0 Å². The molecule has 0 fully saturated rings. The van der Waals surface area contributed by atoms with Crippen molar-refractivity contribution in [2.24, 2.45) is 5.92 Å². The largest absolute Gasteiger partial charge is 0.0840 e. The summed E-state index contributed by atoms with van der Waals surface area (Å²) in [4.78, 5) is 0. The number of hydrogen-bond acceptors (Lipinski definition) is 0. The SMILES string of the molecule is CC(C)CCCC1=CCCC=C1. The summed E-state index contributed by atoms with van der Waals surface area (Å²) in [6.07, 6.45) is 13.5. The minimum Gasteiger partial charge on any atom is -0.0840 e. The first-order valence-electron chi connectivity index (χ1n) is 5.14. The minimum atomic E-state index is 0.859. The third-order valence-corrected chi connectivity index (χ3v) is 2.32. The van der Waals surface area contributed by atoms with Crippen LogP contribution < -0.4 is 0 Å². The summed E-state index contributed by atoms with van der Waals surface area (Å²) in [5.41, 5.74) is 1.56. The van der Waals surface area contributed by atoms with Crippen LogP contribution in [0.2, 0.25) is 0 Å². The van der Waals surface area contributed by atoms with Gasteiger partial charge < -0.3 is 0 Å². The average molecular weight is 164 g/mol. The van der Waals surface area contributed by atoms with E-state index in [4.69, 9.17) is 0 Å². The standard InChI is InChI=1S/C12H20/c1-11(2)7-6-10-12-8-4-3-5-9-12/h4,8-9,11H,3,5-7,10H2,1-2H3. The van der Waals surface area contributed by atoms with Gasteiger partial charge in [-0.2, -0.15) is 0 Å². The molecule has 0 heteroatoms. The fourth-order valence-electron chi connectivity index (χ4n) is 1.57. The zero-order valence-electron chi connectivity index (χ0n) is 8.34. The highest BCUT2D eigenvalue weighted by Crippen LogP contribution is 2.17. The van der Waals surface area contributed by atoms with Gasteiger partial charge in [-0.1, -0.05) is 44.1 Å². The molecule has 68 valence electrons. The zero-order valence-corrected chi connectivity index (χ0v) is 8.34. The highest BCUT2D eigenvalue weighted by atomic mass is 14.0. The molecule has 0 nitrogen and oxygen atoms in total. The molecule has 0 radical (unpaired) electrons. The maximum absolute atomic E-state index is 2.39. The zero-order chi connectivity index (χ0) is 8.81. The van der Waals surface area contributed by atoms with Gasteiger partial charge in [-0.15, -0.1) is 0 Å². The van der Waals surface area contributed by atoms with Crippen LogP contribution in [0.4, 0.5) is 0 Å². The van der Waals surface area contributed by atoms with E-state index in [2.05, 4.69) is 32.1 Å². The van der Waals surface area contributed by atoms with Crippen molar-refractivity contribution in [2.75, 3.05) is 0 Å². The van der Waals surface area contributed by atoms with Crippen molar-refractivity contribution < 1.29 is 0 Å². The Morgan fingerprint density at radius 1 is 1.33 bits per heavy atom. The molecule has 0 aromatic carbocycles. The van der Waals surface area contributed by atoms with Gasteiger partial charge in [0, 0.05) is 0 Å². The second kappa shape index (κ2) is 5.18. The van der Waals surface area contributed by atoms with Crippen molar-refractivity contribution in [2.45, 2.75) is 46.0 Å². The molecule has 0 aromatic rings. The monoisotopic (exact) mass is 164 g/mol. The normalized spacial score (nSPS) is 16.8. The Morgan fingerprint density at radius 3 is 2.75 bits per heavy atom. The van der Waals surface area contributed by atoms with Crippen molar-refractivity contribution in [1.29, 1.82) is 0 Å². The third kappa shape index (κ3) is 3.75. The Bertz CT molecular complexity index is 172. The van der Waals surface area contributed by atoms with E-state index in [0.717, 1.165) is 5.92 Å². The van der Waals surface area contributed by atoms with Gasteiger partial charge in [0.25, 0.3) is 0 Å². The Morgan fingerprint density at radius 2 is 2.17 bits per heavy atom. The molecule has 1 aliphatic carbocycles. The van der Waals surface area contributed by atoms with E-state index in [1.165, 1.54) is 32.1 Å². The van der Waals surface area contributed by atoms with Crippen molar-refractivity contribution >= 4 is 0 Å². The smallest absolute Gasteiger partial charge is 0.0282 e. The highest BCUT2D eigenvalue weighted by molar-refractivity contribution is 5.21. The first-order chi connectivity index (χ1) is 5.79. The van der Waals surface area contributed by atoms with Gasteiger partial charge in [0.2, 0.25) is 0 Å². The van der Waals surface area contributed by atoms with Crippen LogP contribution in [0.1, 0.15) is 46.0 Å². The van der Waals surface area contributed by atoms with Crippen LogP contribution in [0.25, 0.3) is 0 Å². The molecule has 0 unspecified atom stereocenters. The van der Waals surface area contributed by atoms with Crippen LogP contribution in [0.5, 0.6) is 0 Å². The van der Waals surface area contributed by atoms with Gasteiger partial charge in [0.15, 0.2) is 0 Å². The summed E-state index contributed by atoms with van der Waals surface area (Å²) in [5, 5.41) is 0. The lowest BCUT2D eigenvalue weighted by atomic mass is 9.99. The average Bonchev–Trinajstić information content (AvgIpc) is 2.05. The van der Waals surface area contributed by atoms with Crippen molar-refractivity contribution in [3.8, 4) is 0 Å². The molecule has 0 spiro atoms. The molecule has 0 heterocycles. The lowest BCUT2D eigenvalue weighted by molar-refractivity contribution is 0.556. The van der Waals surface area contributed by atoms with Crippen LogP contribution in [-0.2, 0) is 0 Å². The third-order valence-electron chi connectivity index (χ3n) is 2.32. The topological polar surface area (TPSA) is 0 Å². The van der Waals surface area contributed by atoms with Gasteiger partial charge in [-0.05, 0) is 31.6 Å². The lowest BCUT2D eigenvalue weighted by Gasteiger charge is -2.07. The molecule has 0 saturated carbocycles. The Balaban J connectivity index is 2.14. The van der Waals surface area contributed by atoms with E-state index >= 15 is 0 Å². The molecule has 1 rings (SSSR count). The predicted molar refractivity (Wildman–Crippen MR) is 55.1 cm³/mol. The van der Waals surface area contributed by atoms with Gasteiger partial charge in [0.05, 0.1) is 0 Å². The summed E-state index contributed by atoms with van der Waals surface area (Å²) in [5.74, 6) is 0.859. The summed E-state index contributed by atoms with van der Waals surface area (Å²) in [7, 11) is 0. The first-order valence-corrected chi connectivity index (χ1v) is 5.14. The van der Waals surface area contributed by atoms with E-state index in [1.54, 1.807) is 5.57 Å². The quantitative estimate of drug-likeness (QED) is 0.587. The highest BCUT2D eigenvalue weighted by Gasteiger charge is 1.98. The van der Waals surface area contributed by atoms with Crippen molar-refractivity contribution in [3.63, 3.8) is 0 Å². The Hall–Kier alpha value is -0.520. The fraction of sp³-hybridized carbons (Fsp3) is 0.667. The fourth-order valence-corrected chi connectivity index (χ4v) is 1.57. The molecule has 12 heavy (non-hydrogen) atoms. The van der Waals surface area contributed by atoms with E-state index in [0.29, 0.717) is 0 Å². The molecule has 0 aliphatic heterocycles. The molecule has 0 N–H and O–H groups in total. The van der Waals surface area contributed by atoms with E-state index in [-0.39, 0.29) is 0 Å². The van der Waals surface area contributed by atoms with Crippen LogP contribution in [0.15, 0.2) is 23.8 Å². The molecule has 0 atom stereocenters. The maximum Gasteiger partial charge on any atom is -0.0282 e. The van der Waals surface area contributed by atoms with E-state index in [9.17, 15) is 0 Å². The predicted octanol–water partition coefficient (Wildman–Crippen LogP) is 4.09. The molecule has 0 amide bonds. The Labute approximate surface area is 76.4 Å². The van der Waals surface area contributed by atoms with Gasteiger partial charge in [0.1, 0.15) is 0 Å². The second-order valence-corrected chi connectivity index (χ2v) is 4.04. The van der Waals surface area contributed by atoms with Crippen LogP contribution in [0.3, 0.4) is 0 Å². The molecule has 1 aliphatic rings. The molecular weight excluding hydrogens is 144 g/mol.